The fraction of sp³-hybridized carbons (Fsp3) is 0.333. The standard InChI is InChI=1S/C15H17N3O3/c19-15(17-13-7-9-21-18-13)16-10-12-6-8-20-14(12)11-4-2-1-3-5-11/h1-5,7,9,12,14H,6,8,10H2,(H2,16,17,18,19)/t12-,14-/m1/s1. The highest BCUT2D eigenvalue weighted by molar-refractivity contribution is 5.87. The van der Waals surface area contributed by atoms with Gasteiger partial charge in [-0.05, 0) is 12.0 Å². The quantitative estimate of drug-likeness (QED) is 0.906. The minimum Gasteiger partial charge on any atom is -0.373 e. The third kappa shape index (κ3) is 3.41. The number of urea groups is 1. The molecule has 6 heteroatoms. The van der Waals surface area contributed by atoms with E-state index in [0.29, 0.717) is 12.4 Å². The van der Waals surface area contributed by atoms with Crippen LogP contribution in [0.15, 0.2) is 47.2 Å². The van der Waals surface area contributed by atoms with Crippen LogP contribution in [0.3, 0.4) is 0 Å². The van der Waals surface area contributed by atoms with Gasteiger partial charge < -0.3 is 14.6 Å². The first-order valence-corrected chi connectivity index (χ1v) is 6.95. The minimum absolute atomic E-state index is 0.0403. The van der Waals surface area contributed by atoms with Crippen molar-refractivity contribution in [3.63, 3.8) is 0 Å². The Morgan fingerprint density at radius 3 is 2.90 bits per heavy atom. The highest BCUT2D eigenvalue weighted by atomic mass is 16.5. The van der Waals surface area contributed by atoms with Gasteiger partial charge in [0.25, 0.3) is 0 Å². The van der Waals surface area contributed by atoms with Gasteiger partial charge in [0.15, 0.2) is 5.82 Å². The van der Waals surface area contributed by atoms with Crippen LogP contribution in [0.25, 0.3) is 0 Å². The zero-order chi connectivity index (χ0) is 14.5. The molecule has 2 N–H and O–H groups in total. The molecule has 0 radical (unpaired) electrons. The number of benzene rings is 1. The zero-order valence-electron chi connectivity index (χ0n) is 11.5. The normalized spacial score (nSPS) is 21.1. The molecule has 2 atom stereocenters. The van der Waals surface area contributed by atoms with Gasteiger partial charge in [-0.3, -0.25) is 5.32 Å². The molecule has 1 aliphatic heterocycles. The molecule has 0 spiro atoms. The van der Waals surface area contributed by atoms with Gasteiger partial charge >= 0.3 is 6.03 Å². The predicted molar refractivity (Wildman–Crippen MR) is 76.8 cm³/mol. The summed E-state index contributed by atoms with van der Waals surface area (Å²) in [6.07, 6.45) is 2.38. The molecular weight excluding hydrogens is 270 g/mol. The van der Waals surface area contributed by atoms with Crippen LogP contribution in [0.5, 0.6) is 0 Å². The molecule has 1 saturated heterocycles. The Hall–Kier alpha value is -2.34. The van der Waals surface area contributed by atoms with E-state index in [1.807, 2.05) is 18.2 Å². The molecule has 6 nitrogen and oxygen atoms in total. The van der Waals surface area contributed by atoms with Crippen LogP contribution in [0, 0.1) is 5.92 Å². The molecule has 0 saturated carbocycles. The lowest BCUT2D eigenvalue weighted by Crippen LogP contribution is -2.34. The maximum atomic E-state index is 11.8. The lowest BCUT2D eigenvalue weighted by atomic mass is 9.95. The topological polar surface area (TPSA) is 76.4 Å². The number of amides is 2. The Kier molecular flexibility index (Phi) is 4.16. The highest BCUT2D eigenvalue weighted by Gasteiger charge is 2.29. The van der Waals surface area contributed by atoms with Crippen LogP contribution >= 0.6 is 0 Å². The molecule has 1 aromatic heterocycles. The molecule has 2 heterocycles. The van der Waals surface area contributed by atoms with E-state index in [2.05, 4.69) is 32.4 Å². The lowest BCUT2D eigenvalue weighted by Gasteiger charge is -2.19. The highest BCUT2D eigenvalue weighted by Crippen LogP contribution is 2.33. The average Bonchev–Trinajstić information content (AvgIpc) is 3.17. The van der Waals surface area contributed by atoms with Crippen LogP contribution in [-0.4, -0.2) is 24.3 Å². The van der Waals surface area contributed by atoms with Gasteiger partial charge in [0, 0.05) is 25.1 Å². The molecule has 110 valence electrons. The maximum absolute atomic E-state index is 11.8. The summed E-state index contributed by atoms with van der Waals surface area (Å²) in [6.45, 7) is 1.28. The SMILES string of the molecule is O=C(NC[C@H]1CCO[C@@H]1c1ccccc1)Nc1ccon1. The number of hydrogen-bond acceptors (Lipinski definition) is 4. The molecule has 2 aromatic rings. The predicted octanol–water partition coefficient (Wildman–Crippen LogP) is 2.57. The van der Waals surface area contributed by atoms with Crippen molar-refractivity contribution in [2.45, 2.75) is 12.5 Å². The number of hydrogen-bond donors (Lipinski definition) is 2. The van der Waals surface area contributed by atoms with E-state index < -0.39 is 0 Å². The molecular formula is C15H17N3O3. The van der Waals surface area contributed by atoms with Gasteiger partial charge in [0.05, 0.1) is 6.10 Å². The number of anilines is 1. The second kappa shape index (κ2) is 6.41. The molecule has 1 aromatic carbocycles. The van der Waals surface area contributed by atoms with Crippen molar-refractivity contribution in [1.29, 1.82) is 0 Å². The number of carbonyl (C=O) groups is 1. The van der Waals surface area contributed by atoms with Crippen molar-refractivity contribution in [3.8, 4) is 0 Å². The second-order valence-electron chi connectivity index (χ2n) is 4.97. The summed E-state index contributed by atoms with van der Waals surface area (Å²) in [5, 5.41) is 9.08. The van der Waals surface area contributed by atoms with Gasteiger partial charge in [-0.1, -0.05) is 35.5 Å². The van der Waals surface area contributed by atoms with Gasteiger partial charge in [0.1, 0.15) is 6.26 Å². The molecule has 0 aliphatic carbocycles. The number of nitrogens with one attached hydrogen (secondary N) is 2. The zero-order valence-corrected chi connectivity index (χ0v) is 11.5. The first-order valence-electron chi connectivity index (χ1n) is 6.95. The van der Waals surface area contributed by atoms with E-state index in [-0.39, 0.29) is 18.1 Å². The fourth-order valence-electron chi connectivity index (χ4n) is 2.52. The van der Waals surface area contributed by atoms with Crippen LogP contribution in [0.1, 0.15) is 18.1 Å². The summed E-state index contributed by atoms with van der Waals surface area (Å²) in [5.41, 5.74) is 1.15. The van der Waals surface area contributed by atoms with Crippen molar-refractivity contribution >= 4 is 11.8 Å². The third-order valence-electron chi connectivity index (χ3n) is 3.55. The largest absolute Gasteiger partial charge is 0.373 e. The van der Waals surface area contributed by atoms with E-state index in [4.69, 9.17) is 4.74 Å². The fourth-order valence-corrected chi connectivity index (χ4v) is 2.52. The molecule has 21 heavy (non-hydrogen) atoms. The van der Waals surface area contributed by atoms with E-state index >= 15 is 0 Å². The number of ether oxygens (including phenoxy) is 1. The van der Waals surface area contributed by atoms with Crippen molar-refractivity contribution in [2.75, 3.05) is 18.5 Å². The van der Waals surface area contributed by atoms with E-state index in [9.17, 15) is 4.79 Å². The Morgan fingerprint density at radius 2 is 2.14 bits per heavy atom. The molecule has 1 aliphatic rings. The number of carbonyl (C=O) groups excluding carboxylic acids is 1. The van der Waals surface area contributed by atoms with Crippen molar-refractivity contribution in [1.82, 2.24) is 10.5 Å². The van der Waals surface area contributed by atoms with E-state index in [1.54, 1.807) is 6.07 Å². The van der Waals surface area contributed by atoms with Crippen molar-refractivity contribution in [2.24, 2.45) is 5.92 Å². The summed E-state index contributed by atoms with van der Waals surface area (Å²) < 4.78 is 10.4. The van der Waals surface area contributed by atoms with Crippen LogP contribution in [0.4, 0.5) is 10.6 Å². The summed E-state index contributed by atoms with van der Waals surface area (Å²) in [5.74, 6) is 0.672. The van der Waals surface area contributed by atoms with E-state index in [0.717, 1.165) is 18.6 Å². The second-order valence-corrected chi connectivity index (χ2v) is 4.97. The number of nitrogens with zero attached hydrogens (tertiary/aromatic N) is 1. The summed E-state index contributed by atoms with van der Waals surface area (Å²) in [6, 6.07) is 11.4. The van der Waals surface area contributed by atoms with Gasteiger partial charge in [0.2, 0.25) is 0 Å². The lowest BCUT2D eigenvalue weighted by molar-refractivity contribution is 0.0911. The Bertz CT molecular complexity index is 571. The molecule has 2 amide bonds. The minimum atomic E-state index is -0.289. The van der Waals surface area contributed by atoms with Crippen LogP contribution in [0.2, 0.25) is 0 Å². The van der Waals surface area contributed by atoms with Gasteiger partial charge in [-0.15, -0.1) is 0 Å². The molecule has 1 fully saturated rings. The number of rotatable bonds is 4. The Balaban J connectivity index is 1.53. The molecule has 3 rings (SSSR count). The Labute approximate surface area is 122 Å². The van der Waals surface area contributed by atoms with E-state index in [1.165, 1.54) is 6.26 Å². The third-order valence-corrected chi connectivity index (χ3v) is 3.55. The monoisotopic (exact) mass is 287 g/mol. The van der Waals surface area contributed by atoms with Crippen molar-refractivity contribution in [3.05, 3.63) is 48.2 Å². The molecule has 0 unspecified atom stereocenters. The maximum Gasteiger partial charge on any atom is 0.320 e. The average molecular weight is 287 g/mol. The first-order chi connectivity index (χ1) is 10.3. The van der Waals surface area contributed by atoms with Crippen LogP contribution < -0.4 is 10.6 Å². The van der Waals surface area contributed by atoms with Gasteiger partial charge in [-0.25, -0.2) is 4.79 Å². The van der Waals surface area contributed by atoms with Gasteiger partial charge in [-0.2, -0.15) is 0 Å². The summed E-state index contributed by atoms with van der Waals surface area (Å²) in [7, 11) is 0. The van der Waals surface area contributed by atoms with Crippen molar-refractivity contribution < 1.29 is 14.1 Å². The Morgan fingerprint density at radius 1 is 1.29 bits per heavy atom. The first kappa shape index (κ1) is 13.6. The van der Waals surface area contributed by atoms with Crippen LogP contribution in [-0.2, 0) is 4.74 Å². The summed E-state index contributed by atoms with van der Waals surface area (Å²) >= 11 is 0. The summed E-state index contributed by atoms with van der Waals surface area (Å²) in [4.78, 5) is 11.8. The number of aromatic nitrogens is 1. The smallest absolute Gasteiger partial charge is 0.320 e. The molecule has 0 bridgehead atoms.